The van der Waals surface area contributed by atoms with E-state index in [9.17, 15) is 14.4 Å². The third-order valence-corrected chi connectivity index (χ3v) is 5.34. The molecule has 27 heavy (non-hydrogen) atoms. The number of aryl methyl sites for hydroxylation is 1. The summed E-state index contributed by atoms with van der Waals surface area (Å²) < 4.78 is 3.10. The number of rotatable bonds is 4. The zero-order chi connectivity index (χ0) is 19.0. The van der Waals surface area contributed by atoms with Crippen LogP contribution >= 0.6 is 0 Å². The normalized spacial score (nSPS) is 16.2. The summed E-state index contributed by atoms with van der Waals surface area (Å²) in [5.41, 5.74) is 1.69. The fourth-order valence-electron chi connectivity index (χ4n) is 3.93. The molecule has 0 unspecified atom stereocenters. The highest BCUT2D eigenvalue weighted by Gasteiger charge is 2.23. The van der Waals surface area contributed by atoms with E-state index >= 15 is 0 Å². The number of nitrogens with zero attached hydrogens (tertiary/aromatic N) is 3. The Labute approximate surface area is 155 Å². The van der Waals surface area contributed by atoms with Crippen LogP contribution in [0.1, 0.15) is 24.6 Å². The summed E-state index contributed by atoms with van der Waals surface area (Å²) in [6.07, 6.45) is 1.72. The molecular formula is C19H23N5O3. The molecule has 3 aromatic rings. The highest BCUT2D eigenvalue weighted by molar-refractivity contribution is 5.75. The van der Waals surface area contributed by atoms with Crippen LogP contribution in [0.2, 0.25) is 0 Å². The number of fused-ring (bicyclic) bond motifs is 1. The molecule has 2 aromatic heterocycles. The Hall–Kier alpha value is -2.87. The Balaban J connectivity index is 1.42. The van der Waals surface area contributed by atoms with Crippen LogP contribution in [0.5, 0.6) is 0 Å². The lowest BCUT2D eigenvalue weighted by molar-refractivity contribution is 0.180. The van der Waals surface area contributed by atoms with Crippen LogP contribution in [0.15, 0.2) is 44.7 Å². The molecule has 2 N–H and O–H groups in total. The number of imidazole rings is 1. The molecule has 0 aliphatic carbocycles. The van der Waals surface area contributed by atoms with Crippen molar-refractivity contribution in [3.63, 3.8) is 0 Å². The molecular weight excluding hydrogens is 346 g/mol. The predicted molar refractivity (Wildman–Crippen MR) is 103 cm³/mol. The predicted octanol–water partition coefficient (Wildman–Crippen LogP) is 0.825. The highest BCUT2D eigenvalue weighted by atomic mass is 16.2. The Morgan fingerprint density at radius 2 is 1.74 bits per heavy atom. The van der Waals surface area contributed by atoms with Gasteiger partial charge in [0.2, 0.25) is 0 Å². The fourth-order valence-corrected chi connectivity index (χ4v) is 3.93. The van der Waals surface area contributed by atoms with Crippen LogP contribution in [0.25, 0.3) is 11.0 Å². The average molecular weight is 369 g/mol. The summed E-state index contributed by atoms with van der Waals surface area (Å²) in [4.78, 5) is 44.1. The molecule has 0 spiro atoms. The van der Waals surface area contributed by atoms with Crippen molar-refractivity contribution < 1.29 is 0 Å². The number of likely N-dealkylation sites (tertiary alicyclic amines) is 1. The van der Waals surface area contributed by atoms with Gasteiger partial charge in [-0.05, 0) is 31.9 Å². The number of para-hydroxylation sites is 2. The van der Waals surface area contributed by atoms with Gasteiger partial charge in [0, 0.05) is 44.0 Å². The second kappa shape index (κ2) is 7.03. The lowest BCUT2D eigenvalue weighted by atomic mass is 10.0. The molecule has 0 saturated carbocycles. The van der Waals surface area contributed by atoms with E-state index in [1.165, 1.54) is 10.6 Å². The van der Waals surface area contributed by atoms with E-state index in [2.05, 4.69) is 14.9 Å². The van der Waals surface area contributed by atoms with Crippen molar-refractivity contribution in [3.05, 3.63) is 67.3 Å². The van der Waals surface area contributed by atoms with Crippen molar-refractivity contribution in [3.8, 4) is 0 Å². The molecule has 1 fully saturated rings. The molecule has 1 aliphatic rings. The Morgan fingerprint density at radius 3 is 2.48 bits per heavy atom. The van der Waals surface area contributed by atoms with Crippen LogP contribution in [-0.4, -0.2) is 43.6 Å². The van der Waals surface area contributed by atoms with E-state index in [0.717, 1.165) is 37.0 Å². The summed E-state index contributed by atoms with van der Waals surface area (Å²) in [6, 6.07) is 9.35. The average Bonchev–Trinajstić information content (AvgIpc) is 2.97. The van der Waals surface area contributed by atoms with Gasteiger partial charge in [-0.2, -0.15) is 0 Å². The molecule has 1 aromatic carbocycles. The molecule has 8 nitrogen and oxygen atoms in total. The number of hydrogen-bond donors (Lipinski definition) is 2. The Morgan fingerprint density at radius 1 is 1.00 bits per heavy atom. The fraction of sp³-hybridized carbons (Fsp3) is 0.421. The second-order valence-corrected chi connectivity index (χ2v) is 7.14. The van der Waals surface area contributed by atoms with Gasteiger partial charge in [-0.25, -0.2) is 9.59 Å². The standard InChI is InChI=1S/C19H23N5O3/c1-13-12-17(25)23(18(26)20-13)11-10-22-8-6-14(7-9-22)24-16-5-3-2-4-15(16)21-19(24)27/h2-5,12,14H,6-11H2,1H3,(H,20,26)(H,21,27). The zero-order valence-corrected chi connectivity index (χ0v) is 15.3. The monoisotopic (exact) mass is 369 g/mol. The smallest absolute Gasteiger partial charge is 0.311 e. The van der Waals surface area contributed by atoms with Crippen LogP contribution in [0.4, 0.5) is 0 Å². The molecule has 0 bridgehead atoms. The Kier molecular flexibility index (Phi) is 4.57. The van der Waals surface area contributed by atoms with Crippen molar-refractivity contribution in [1.29, 1.82) is 0 Å². The summed E-state index contributed by atoms with van der Waals surface area (Å²) in [7, 11) is 0. The first-order valence-electron chi connectivity index (χ1n) is 9.25. The minimum Gasteiger partial charge on any atom is -0.311 e. The van der Waals surface area contributed by atoms with Gasteiger partial charge in [-0.15, -0.1) is 0 Å². The molecule has 1 saturated heterocycles. The van der Waals surface area contributed by atoms with Crippen LogP contribution < -0.4 is 16.9 Å². The van der Waals surface area contributed by atoms with Gasteiger partial charge >= 0.3 is 11.4 Å². The SMILES string of the molecule is Cc1cc(=O)n(CCN2CCC(n3c(=O)[nH]c4ccccc43)CC2)c(=O)[nH]1. The van der Waals surface area contributed by atoms with Crippen molar-refractivity contribution in [2.75, 3.05) is 19.6 Å². The van der Waals surface area contributed by atoms with Crippen molar-refractivity contribution in [1.82, 2.24) is 24.0 Å². The minimum atomic E-state index is -0.361. The van der Waals surface area contributed by atoms with E-state index in [4.69, 9.17) is 0 Å². The highest BCUT2D eigenvalue weighted by Crippen LogP contribution is 2.24. The number of aromatic nitrogens is 4. The van der Waals surface area contributed by atoms with Crippen LogP contribution in [0, 0.1) is 6.92 Å². The molecule has 3 heterocycles. The lowest BCUT2D eigenvalue weighted by Crippen LogP contribution is -2.42. The van der Waals surface area contributed by atoms with Gasteiger partial charge in [0.15, 0.2) is 0 Å². The molecule has 8 heteroatoms. The van der Waals surface area contributed by atoms with Crippen molar-refractivity contribution in [2.24, 2.45) is 0 Å². The Bertz CT molecular complexity index is 1100. The first-order chi connectivity index (χ1) is 13.0. The van der Waals surface area contributed by atoms with E-state index in [1.54, 1.807) is 6.92 Å². The molecule has 0 radical (unpaired) electrons. The second-order valence-electron chi connectivity index (χ2n) is 7.14. The van der Waals surface area contributed by atoms with E-state index < -0.39 is 0 Å². The van der Waals surface area contributed by atoms with E-state index in [-0.39, 0.29) is 23.0 Å². The first kappa shape index (κ1) is 17.5. The largest absolute Gasteiger partial charge is 0.328 e. The summed E-state index contributed by atoms with van der Waals surface area (Å²) >= 11 is 0. The number of benzene rings is 1. The topological polar surface area (TPSA) is 95.9 Å². The number of aromatic amines is 2. The van der Waals surface area contributed by atoms with Gasteiger partial charge in [-0.3, -0.25) is 13.9 Å². The molecule has 4 rings (SSSR count). The number of piperidine rings is 1. The van der Waals surface area contributed by atoms with Gasteiger partial charge in [0.1, 0.15) is 0 Å². The number of nitrogens with one attached hydrogen (secondary N) is 2. The molecule has 142 valence electrons. The molecule has 0 amide bonds. The van der Waals surface area contributed by atoms with E-state index in [0.29, 0.717) is 18.8 Å². The van der Waals surface area contributed by atoms with Gasteiger partial charge in [-0.1, -0.05) is 12.1 Å². The molecule has 0 atom stereocenters. The molecule has 1 aliphatic heterocycles. The van der Waals surface area contributed by atoms with Crippen LogP contribution in [0.3, 0.4) is 0 Å². The van der Waals surface area contributed by atoms with Crippen molar-refractivity contribution >= 4 is 11.0 Å². The maximum atomic E-state index is 12.4. The van der Waals surface area contributed by atoms with Gasteiger partial charge in [0.05, 0.1) is 11.0 Å². The lowest BCUT2D eigenvalue weighted by Gasteiger charge is -2.32. The zero-order valence-electron chi connectivity index (χ0n) is 15.3. The number of H-pyrrole nitrogens is 2. The first-order valence-corrected chi connectivity index (χ1v) is 9.25. The van der Waals surface area contributed by atoms with Gasteiger partial charge < -0.3 is 14.9 Å². The van der Waals surface area contributed by atoms with Crippen molar-refractivity contribution in [2.45, 2.75) is 32.4 Å². The van der Waals surface area contributed by atoms with E-state index in [1.807, 2.05) is 28.8 Å². The summed E-state index contributed by atoms with van der Waals surface area (Å²) in [5.74, 6) is 0. The van der Waals surface area contributed by atoms with Crippen LogP contribution in [-0.2, 0) is 6.54 Å². The third kappa shape index (κ3) is 3.40. The van der Waals surface area contributed by atoms with Gasteiger partial charge in [0.25, 0.3) is 5.56 Å². The summed E-state index contributed by atoms with van der Waals surface area (Å²) in [5, 5.41) is 0. The maximum absolute atomic E-state index is 12.4. The number of hydrogen-bond acceptors (Lipinski definition) is 4. The quantitative estimate of drug-likeness (QED) is 0.712. The third-order valence-electron chi connectivity index (χ3n) is 5.34. The minimum absolute atomic E-state index is 0.0626. The summed E-state index contributed by atoms with van der Waals surface area (Å²) in [6.45, 7) is 4.36. The maximum Gasteiger partial charge on any atom is 0.328 e.